The Morgan fingerprint density at radius 2 is 1.70 bits per heavy atom. The van der Waals surface area contributed by atoms with E-state index in [0.717, 1.165) is 43.1 Å². The summed E-state index contributed by atoms with van der Waals surface area (Å²) in [5, 5.41) is 4.03. The van der Waals surface area contributed by atoms with Crippen molar-refractivity contribution in [2.24, 2.45) is 0 Å². The van der Waals surface area contributed by atoms with Gasteiger partial charge in [0.05, 0.1) is 13.2 Å². The van der Waals surface area contributed by atoms with E-state index in [4.69, 9.17) is 9.26 Å². The molecule has 1 aliphatic heterocycles. The lowest BCUT2D eigenvalue weighted by Crippen LogP contribution is -2.36. The van der Waals surface area contributed by atoms with Crippen molar-refractivity contribution in [2.45, 2.75) is 0 Å². The number of H-pyrrole nitrogens is 1. The van der Waals surface area contributed by atoms with E-state index in [0.29, 0.717) is 11.6 Å². The lowest BCUT2D eigenvalue weighted by Gasteiger charge is -2.28. The van der Waals surface area contributed by atoms with Gasteiger partial charge in [0.2, 0.25) is 5.82 Å². The molecule has 0 unspecified atom stereocenters. The largest absolute Gasteiger partial charge is 0.378 e. The van der Waals surface area contributed by atoms with Crippen LogP contribution in [0, 0.1) is 0 Å². The van der Waals surface area contributed by atoms with Crippen molar-refractivity contribution in [1.29, 1.82) is 0 Å². The normalized spacial score (nSPS) is 14.1. The van der Waals surface area contributed by atoms with Gasteiger partial charge in [-0.3, -0.25) is 4.79 Å². The topological polar surface area (TPSA) is 97.1 Å². The van der Waals surface area contributed by atoms with Crippen molar-refractivity contribution in [2.75, 3.05) is 31.2 Å². The highest BCUT2D eigenvalue weighted by Crippen LogP contribution is 2.24. The average Bonchev–Trinajstić information content (AvgIpc) is 3.30. The Kier molecular flexibility index (Phi) is 4.82. The quantitative estimate of drug-likeness (QED) is 0.561. The summed E-state index contributed by atoms with van der Waals surface area (Å²) in [4.78, 5) is 26.3. The molecule has 0 radical (unpaired) electrons. The van der Waals surface area contributed by atoms with Gasteiger partial charge in [-0.25, -0.2) is 4.98 Å². The molecule has 1 aliphatic rings. The van der Waals surface area contributed by atoms with E-state index in [2.05, 4.69) is 25.0 Å². The second kappa shape index (κ2) is 7.92. The molecule has 0 amide bonds. The van der Waals surface area contributed by atoms with Gasteiger partial charge in [-0.2, -0.15) is 4.98 Å². The summed E-state index contributed by atoms with van der Waals surface area (Å²) in [6, 6.07) is 17.4. The summed E-state index contributed by atoms with van der Waals surface area (Å²) in [7, 11) is 0. The third-order valence-electron chi connectivity index (χ3n) is 5.00. The van der Waals surface area contributed by atoms with Crippen LogP contribution in [0.4, 0.5) is 5.69 Å². The number of nitrogens with one attached hydrogen (secondary N) is 1. The smallest absolute Gasteiger partial charge is 0.265 e. The van der Waals surface area contributed by atoms with Gasteiger partial charge in [-0.15, -0.1) is 0 Å². The monoisotopic (exact) mass is 401 g/mol. The molecule has 1 saturated heterocycles. The maximum Gasteiger partial charge on any atom is 0.265 e. The molecule has 0 bridgehead atoms. The first-order chi connectivity index (χ1) is 14.8. The Labute approximate surface area is 172 Å². The van der Waals surface area contributed by atoms with Gasteiger partial charge in [-0.1, -0.05) is 35.5 Å². The van der Waals surface area contributed by atoms with Crippen molar-refractivity contribution in [3.05, 3.63) is 71.1 Å². The summed E-state index contributed by atoms with van der Waals surface area (Å²) >= 11 is 0. The number of morpholine rings is 1. The van der Waals surface area contributed by atoms with Gasteiger partial charge >= 0.3 is 0 Å². The second-order valence-electron chi connectivity index (χ2n) is 6.91. The number of aromatic amines is 1. The molecule has 4 aromatic rings. The van der Waals surface area contributed by atoms with Crippen LogP contribution in [0.25, 0.3) is 34.2 Å². The highest BCUT2D eigenvalue weighted by molar-refractivity contribution is 5.63. The van der Waals surface area contributed by atoms with Crippen molar-refractivity contribution < 1.29 is 9.26 Å². The summed E-state index contributed by atoms with van der Waals surface area (Å²) in [6.07, 6.45) is 1.46. The summed E-state index contributed by atoms with van der Waals surface area (Å²) < 4.78 is 10.7. The molecule has 1 fully saturated rings. The molecule has 1 N–H and O–H groups in total. The molecule has 2 aromatic carbocycles. The molecule has 0 spiro atoms. The molecule has 30 heavy (non-hydrogen) atoms. The number of anilines is 1. The molecule has 150 valence electrons. The van der Waals surface area contributed by atoms with Crippen molar-refractivity contribution >= 4 is 5.69 Å². The Balaban J connectivity index is 1.38. The predicted octanol–water partition coefficient (Wildman–Crippen LogP) is 2.99. The first-order valence-corrected chi connectivity index (χ1v) is 9.70. The van der Waals surface area contributed by atoms with Gasteiger partial charge in [0.15, 0.2) is 0 Å². The zero-order valence-corrected chi connectivity index (χ0v) is 16.1. The maximum atomic E-state index is 12.5. The fourth-order valence-electron chi connectivity index (χ4n) is 3.38. The molecule has 0 atom stereocenters. The van der Waals surface area contributed by atoms with E-state index < -0.39 is 0 Å². The predicted molar refractivity (Wildman–Crippen MR) is 112 cm³/mol. The van der Waals surface area contributed by atoms with Crippen LogP contribution in [0.2, 0.25) is 0 Å². The molecule has 0 aliphatic carbocycles. The third kappa shape index (κ3) is 3.60. The first kappa shape index (κ1) is 18.3. The number of ether oxygens (including phenoxy) is 1. The Morgan fingerprint density at radius 1 is 0.933 bits per heavy atom. The van der Waals surface area contributed by atoms with Crippen LogP contribution in [-0.4, -0.2) is 46.4 Å². The van der Waals surface area contributed by atoms with E-state index in [1.807, 2.05) is 54.6 Å². The van der Waals surface area contributed by atoms with Crippen molar-refractivity contribution in [1.82, 2.24) is 20.1 Å². The highest BCUT2D eigenvalue weighted by Gasteiger charge is 2.16. The minimum atomic E-state index is -0.332. The number of aromatic nitrogens is 4. The fraction of sp³-hybridized carbons (Fsp3) is 0.182. The molecule has 0 saturated carbocycles. The zero-order valence-electron chi connectivity index (χ0n) is 16.1. The molecule has 8 nitrogen and oxygen atoms in total. The van der Waals surface area contributed by atoms with E-state index >= 15 is 0 Å². The third-order valence-corrected chi connectivity index (χ3v) is 5.00. The van der Waals surface area contributed by atoms with Gasteiger partial charge in [0.1, 0.15) is 11.4 Å². The Morgan fingerprint density at radius 3 is 2.43 bits per heavy atom. The average molecular weight is 401 g/mol. The number of hydrogen-bond donors (Lipinski definition) is 1. The van der Waals surface area contributed by atoms with Crippen molar-refractivity contribution in [3.63, 3.8) is 0 Å². The zero-order chi connectivity index (χ0) is 20.3. The minimum Gasteiger partial charge on any atom is -0.378 e. The van der Waals surface area contributed by atoms with E-state index in [1.165, 1.54) is 6.20 Å². The molecular weight excluding hydrogens is 382 g/mol. The first-order valence-electron chi connectivity index (χ1n) is 9.70. The summed E-state index contributed by atoms with van der Waals surface area (Å²) in [5.74, 6) is 1.04. The fourth-order valence-corrected chi connectivity index (χ4v) is 3.38. The van der Waals surface area contributed by atoms with Crippen LogP contribution in [0.3, 0.4) is 0 Å². The Bertz CT molecular complexity index is 1200. The van der Waals surface area contributed by atoms with E-state index in [9.17, 15) is 4.79 Å². The molecule has 5 rings (SSSR count). The lowest BCUT2D eigenvalue weighted by molar-refractivity contribution is 0.122. The minimum absolute atomic E-state index is 0.135. The molecular formula is C22H19N5O3. The number of nitrogens with zero attached hydrogens (tertiary/aromatic N) is 4. The number of hydrogen-bond acceptors (Lipinski definition) is 7. The van der Waals surface area contributed by atoms with Gasteiger partial charge in [0, 0.05) is 36.1 Å². The lowest BCUT2D eigenvalue weighted by atomic mass is 10.2. The van der Waals surface area contributed by atoms with Gasteiger partial charge < -0.3 is 19.1 Å². The number of benzene rings is 2. The van der Waals surface area contributed by atoms with Crippen LogP contribution in [0.15, 0.2) is 70.1 Å². The Hall–Kier alpha value is -3.78. The maximum absolute atomic E-state index is 12.5. The standard InChI is InChI=1S/C22H19N5O3/c28-21-18(14-23-19(24-21)15-4-2-1-3-5-15)22-25-20(26-30-22)16-6-8-17(9-7-16)27-10-12-29-13-11-27/h1-9,14H,10-13H2,(H,23,24,28). The second-order valence-corrected chi connectivity index (χ2v) is 6.91. The van der Waals surface area contributed by atoms with Crippen LogP contribution >= 0.6 is 0 Å². The van der Waals surface area contributed by atoms with Crippen molar-refractivity contribution in [3.8, 4) is 34.2 Å². The summed E-state index contributed by atoms with van der Waals surface area (Å²) in [5.41, 5.74) is 2.67. The van der Waals surface area contributed by atoms with Crippen LogP contribution in [0.5, 0.6) is 0 Å². The molecule has 2 aromatic heterocycles. The molecule has 8 heteroatoms. The van der Waals surface area contributed by atoms with Crippen LogP contribution < -0.4 is 10.5 Å². The van der Waals surface area contributed by atoms with Gasteiger partial charge in [-0.05, 0) is 24.3 Å². The SMILES string of the molecule is O=c1[nH]c(-c2ccccc2)ncc1-c1nc(-c2ccc(N3CCOCC3)cc2)no1. The molecule has 3 heterocycles. The summed E-state index contributed by atoms with van der Waals surface area (Å²) in [6.45, 7) is 3.23. The highest BCUT2D eigenvalue weighted by atomic mass is 16.5. The van der Waals surface area contributed by atoms with E-state index in [-0.39, 0.29) is 17.0 Å². The van der Waals surface area contributed by atoms with Crippen LogP contribution in [0.1, 0.15) is 0 Å². The number of rotatable bonds is 4. The van der Waals surface area contributed by atoms with Gasteiger partial charge in [0.25, 0.3) is 11.4 Å². The van der Waals surface area contributed by atoms with Crippen LogP contribution in [-0.2, 0) is 4.74 Å². The van der Waals surface area contributed by atoms with E-state index in [1.54, 1.807) is 0 Å².